The lowest BCUT2D eigenvalue weighted by molar-refractivity contribution is -0.137. The fourth-order valence-electron chi connectivity index (χ4n) is 1.99. The highest BCUT2D eigenvalue weighted by atomic mass is 19.4. The number of benzene rings is 2. The van der Waals surface area contributed by atoms with Crippen LogP contribution >= 0.6 is 0 Å². The Kier molecular flexibility index (Phi) is 4.29. The third-order valence-corrected chi connectivity index (χ3v) is 3.11. The van der Waals surface area contributed by atoms with Gasteiger partial charge in [0, 0.05) is 6.42 Å². The number of nitrogens with zero attached hydrogens (tertiary/aromatic N) is 1. The van der Waals surface area contributed by atoms with Gasteiger partial charge in [-0.25, -0.2) is 0 Å². The molecule has 0 radical (unpaired) electrons. The number of nitriles is 1. The Hall–Kier alpha value is -2.32. The summed E-state index contributed by atoms with van der Waals surface area (Å²) < 4.78 is 37.4. The summed E-state index contributed by atoms with van der Waals surface area (Å²) in [6, 6.07) is 13.2. The molecule has 0 aliphatic heterocycles. The maximum Gasteiger partial charge on any atom is 0.416 e. The van der Waals surface area contributed by atoms with E-state index in [1.165, 1.54) is 12.1 Å². The number of halogens is 3. The Labute approximate surface area is 120 Å². The molecule has 1 atom stereocenters. The van der Waals surface area contributed by atoms with Crippen molar-refractivity contribution in [2.75, 3.05) is 0 Å². The zero-order chi connectivity index (χ0) is 15.5. The Balaban J connectivity index is 2.12. The Morgan fingerprint density at radius 3 is 2.33 bits per heavy atom. The first kappa shape index (κ1) is 15.1. The van der Waals surface area contributed by atoms with Crippen molar-refractivity contribution in [2.24, 2.45) is 0 Å². The van der Waals surface area contributed by atoms with Crippen LogP contribution in [0.25, 0.3) is 0 Å². The lowest BCUT2D eigenvalue weighted by Crippen LogP contribution is -2.06. The molecule has 1 N–H and O–H groups in total. The topological polar surface area (TPSA) is 44.0 Å². The fourth-order valence-corrected chi connectivity index (χ4v) is 1.99. The Morgan fingerprint density at radius 2 is 1.76 bits per heavy atom. The molecule has 0 aliphatic rings. The number of alkyl halides is 3. The van der Waals surface area contributed by atoms with Gasteiger partial charge in [-0.1, -0.05) is 24.3 Å². The molecule has 2 nitrogen and oxygen atoms in total. The van der Waals surface area contributed by atoms with Crippen LogP contribution in [0.1, 0.15) is 28.4 Å². The molecule has 21 heavy (non-hydrogen) atoms. The molecule has 5 heteroatoms. The monoisotopic (exact) mass is 291 g/mol. The summed E-state index contributed by atoms with van der Waals surface area (Å²) in [6.07, 6.45) is -5.04. The zero-order valence-electron chi connectivity index (χ0n) is 10.9. The first-order valence-electron chi connectivity index (χ1n) is 6.24. The third kappa shape index (κ3) is 3.83. The molecule has 0 heterocycles. The minimum Gasteiger partial charge on any atom is -0.388 e. The fraction of sp³-hybridized carbons (Fsp3) is 0.188. The molecule has 2 rings (SSSR count). The maximum absolute atomic E-state index is 12.5. The van der Waals surface area contributed by atoms with Gasteiger partial charge in [0.05, 0.1) is 23.3 Å². The van der Waals surface area contributed by atoms with Crippen molar-refractivity contribution >= 4 is 0 Å². The highest BCUT2D eigenvalue weighted by molar-refractivity contribution is 5.34. The van der Waals surface area contributed by atoms with Gasteiger partial charge in [-0.05, 0) is 35.4 Å². The van der Waals surface area contributed by atoms with Crippen LogP contribution in [0.15, 0.2) is 48.5 Å². The second kappa shape index (κ2) is 5.98. The van der Waals surface area contributed by atoms with Crippen LogP contribution in [0, 0.1) is 11.3 Å². The quantitative estimate of drug-likeness (QED) is 0.933. The average molecular weight is 291 g/mol. The number of hydrogen-bond acceptors (Lipinski definition) is 2. The van der Waals surface area contributed by atoms with Crippen LogP contribution in [0.3, 0.4) is 0 Å². The van der Waals surface area contributed by atoms with E-state index in [4.69, 9.17) is 5.26 Å². The zero-order valence-corrected chi connectivity index (χ0v) is 10.9. The normalized spacial score (nSPS) is 12.7. The molecule has 0 aromatic heterocycles. The third-order valence-electron chi connectivity index (χ3n) is 3.11. The van der Waals surface area contributed by atoms with E-state index in [0.29, 0.717) is 16.7 Å². The summed E-state index contributed by atoms with van der Waals surface area (Å²) >= 11 is 0. The molecule has 0 amide bonds. The van der Waals surface area contributed by atoms with Crippen LogP contribution in [0.4, 0.5) is 13.2 Å². The minimum atomic E-state index is -4.36. The van der Waals surface area contributed by atoms with Gasteiger partial charge in [0.1, 0.15) is 0 Å². The Morgan fingerprint density at radius 1 is 1.10 bits per heavy atom. The molecular formula is C16H12F3NO. The van der Waals surface area contributed by atoms with Crippen LogP contribution in [-0.2, 0) is 12.6 Å². The van der Waals surface area contributed by atoms with Crippen molar-refractivity contribution in [3.05, 3.63) is 70.8 Å². The van der Waals surface area contributed by atoms with Gasteiger partial charge in [0.15, 0.2) is 0 Å². The van der Waals surface area contributed by atoms with Gasteiger partial charge < -0.3 is 5.11 Å². The molecule has 2 aromatic carbocycles. The molecule has 0 fully saturated rings. The van der Waals surface area contributed by atoms with E-state index in [2.05, 4.69) is 0 Å². The Bertz CT molecular complexity index is 656. The predicted octanol–water partition coefficient (Wildman–Crippen LogP) is 3.85. The lowest BCUT2D eigenvalue weighted by atomic mass is 9.99. The molecular weight excluding hydrogens is 279 g/mol. The molecule has 0 saturated heterocycles. The lowest BCUT2D eigenvalue weighted by Gasteiger charge is -2.12. The molecule has 2 aromatic rings. The average Bonchev–Trinajstić information content (AvgIpc) is 2.47. The van der Waals surface area contributed by atoms with E-state index in [1.807, 2.05) is 6.07 Å². The van der Waals surface area contributed by atoms with Gasteiger partial charge in [0.2, 0.25) is 0 Å². The van der Waals surface area contributed by atoms with Gasteiger partial charge in [-0.3, -0.25) is 0 Å². The van der Waals surface area contributed by atoms with Gasteiger partial charge in [-0.2, -0.15) is 18.4 Å². The smallest absolute Gasteiger partial charge is 0.388 e. The highest BCUT2D eigenvalue weighted by Crippen LogP contribution is 2.29. The van der Waals surface area contributed by atoms with E-state index in [-0.39, 0.29) is 6.42 Å². The maximum atomic E-state index is 12.5. The predicted molar refractivity (Wildman–Crippen MR) is 71.3 cm³/mol. The van der Waals surface area contributed by atoms with E-state index < -0.39 is 17.8 Å². The van der Waals surface area contributed by atoms with Crippen molar-refractivity contribution in [3.63, 3.8) is 0 Å². The molecule has 108 valence electrons. The number of hydrogen-bond donors (Lipinski definition) is 1. The highest BCUT2D eigenvalue weighted by Gasteiger charge is 2.29. The largest absolute Gasteiger partial charge is 0.416 e. The van der Waals surface area contributed by atoms with E-state index in [1.54, 1.807) is 24.3 Å². The van der Waals surface area contributed by atoms with Gasteiger partial charge >= 0.3 is 6.18 Å². The summed E-state index contributed by atoms with van der Waals surface area (Å²) in [5.74, 6) is 0. The van der Waals surface area contributed by atoms with Crippen molar-refractivity contribution in [1.82, 2.24) is 0 Å². The minimum absolute atomic E-state index is 0.188. The molecule has 1 unspecified atom stereocenters. The van der Waals surface area contributed by atoms with Crippen molar-refractivity contribution < 1.29 is 18.3 Å². The van der Waals surface area contributed by atoms with Crippen LogP contribution in [0.5, 0.6) is 0 Å². The first-order valence-corrected chi connectivity index (χ1v) is 6.24. The summed E-state index contributed by atoms with van der Waals surface area (Å²) in [5, 5.41) is 18.9. The number of aliphatic hydroxyl groups is 1. The van der Waals surface area contributed by atoms with E-state index in [0.717, 1.165) is 12.1 Å². The molecule has 0 saturated carbocycles. The second-order valence-corrected chi connectivity index (χ2v) is 4.65. The molecule has 0 spiro atoms. The number of rotatable bonds is 3. The van der Waals surface area contributed by atoms with Crippen molar-refractivity contribution in [1.29, 1.82) is 5.26 Å². The van der Waals surface area contributed by atoms with Crippen LogP contribution in [0.2, 0.25) is 0 Å². The standard InChI is InChI=1S/C16H12F3NO/c17-16(18,19)14-6-4-11(5-7-14)9-15(21)13-3-1-2-12(8-13)10-20/h1-8,15,21H,9H2. The van der Waals surface area contributed by atoms with Crippen LogP contribution < -0.4 is 0 Å². The second-order valence-electron chi connectivity index (χ2n) is 4.65. The van der Waals surface area contributed by atoms with Crippen LogP contribution in [-0.4, -0.2) is 5.11 Å². The first-order chi connectivity index (χ1) is 9.90. The van der Waals surface area contributed by atoms with E-state index >= 15 is 0 Å². The van der Waals surface area contributed by atoms with Crippen molar-refractivity contribution in [2.45, 2.75) is 18.7 Å². The van der Waals surface area contributed by atoms with E-state index in [9.17, 15) is 18.3 Å². The summed E-state index contributed by atoms with van der Waals surface area (Å²) in [5.41, 5.74) is 0.873. The van der Waals surface area contributed by atoms with Gasteiger partial charge in [0.25, 0.3) is 0 Å². The molecule has 0 bridgehead atoms. The van der Waals surface area contributed by atoms with Gasteiger partial charge in [-0.15, -0.1) is 0 Å². The number of aliphatic hydroxyl groups excluding tert-OH is 1. The van der Waals surface area contributed by atoms with Crippen molar-refractivity contribution in [3.8, 4) is 6.07 Å². The SMILES string of the molecule is N#Cc1cccc(C(O)Cc2ccc(C(F)(F)F)cc2)c1. The summed E-state index contributed by atoms with van der Waals surface area (Å²) in [6.45, 7) is 0. The summed E-state index contributed by atoms with van der Waals surface area (Å²) in [4.78, 5) is 0. The summed E-state index contributed by atoms with van der Waals surface area (Å²) in [7, 11) is 0. The molecule has 0 aliphatic carbocycles.